The molecule has 2 unspecified atom stereocenters. The van der Waals surface area contributed by atoms with E-state index < -0.39 is 17.9 Å². The molecule has 0 heterocycles. The summed E-state index contributed by atoms with van der Waals surface area (Å²) in [5.74, 6) is -1.87. The molecule has 0 fully saturated rings. The molecule has 0 amide bonds. The fraction of sp³-hybridized carbons (Fsp3) is 0.800. The lowest BCUT2D eigenvalue weighted by atomic mass is 10.0. The Hall–Kier alpha value is -0.820. The first-order chi connectivity index (χ1) is 10.1. The first-order valence-corrected chi connectivity index (χ1v) is 8.32. The average molecular weight is 350 g/mol. The normalized spacial score (nSPS) is 13.7. The Morgan fingerprint density at radius 3 is 2.00 bits per heavy atom. The maximum Gasteiger partial charge on any atom is 0.316 e. The highest BCUT2D eigenvalue weighted by Gasteiger charge is 2.32. The number of ether oxygens (including phenoxy) is 2. The van der Waals surface area contributed by atoms with E-state index in [1.807, 2.05) is 13.8 Å². The van der Waals surface area contributed by atoms with Crippen molar-refractivity contribution in [2.45, 2.75) is 72.6 Å². The van der Waals surface area contributed by atoms with Crippen molar-refractivity contribution in [1.82, 2.24) is 4.31 Å². The number of nitrogens with zero attached hydrogens (tertiary/aromatic N) is 1. The second kappa shape index (κ2) is 10.0. The van der Waals surface area contributed by atoms with Crippen LogP contribution in [-0.4, -0.2) is 39.5 Å². The predicted octanol–water partition coefficient (Wildman–Crippen LogP) is 3.17. The number of carbonyl (C=O) groups excluding carboxylic acids is 2. The van der Waals surface area contributed by atoms with Gasteiger partial charge in [0, 0.05) is 6.04 Å². The minimum Gasteiger partial charge on any atom is -0.463 e. The third-order valence-electron chi connectivity index (χ3n) is 2.91. The molecule has 2 atom stereocenters. The van der Waals surface area contributed by atoms with Crippen molar-refractivity contribution in [1.29, 1.82) is 0 Å². The van der Waals surface area contributed by atoms with Gasteiger partial charge in [0.05, 0.1) is 18.6 Å². The Morgan fingerprint density at radius 1 is 1.09 bits per heavy atom. The van der Waals surface area contributed by atoms with Crippen LogP contribution in [0.15, 0.2) is 0 Å². The number of hydrogen-bond acceptors (Lipinski definition) is 6. The smallest absolute Gasteiger partial charge is 0.316 e. The van der Waals surface area contributed by atoms with Crippen molar-refractivity contribution in [3.05, 3.63) is 0 Å². The Morgan fingerprint density at radius 2 is 1.59 bits per heavy atom. The first-order valence-electron chi connectivity index (χ1n) is 7.52. The van der Waals surface area contributed by atoms with Gasteiger partial charge in [-0.1, -0.05) is 32.0 Å². The summed E-state index contributed by atoms with van der Waals surface area (Å²) in [6.07, 6.45) is 0.141. The van der Waals surface area contributed by atoms with Gasteiger partial charge < -0.3 is 13.8 Å². The lowest BCUT2D eigenvalue weighted by Crippen LogP contribution is -2.40. The fourth-order valence-electron chi connectivity index (χ4n) is 1.61. The zero-order valence-corrected chi connectivity index (χ0v) is 15.9. The van der Waals surface area contributed by atoms with E-state index in [0.717, 1.165) is 6.42 Å². The standard InChI is InChI=1S/C15H27NO4S2/c1-7-11(6)16(22)14(21)12(15(18)20-10(4)5)8-13(17)19-9(2)3/h9-12,22H,7-8H2,1-6H3. The molecule has 0 aliphatic rings. The van der Waals surface area contributed by atoms with Gasteiger partial charge in [-0.15, -0.1) is 0 Å². The maximum absolute atomic E-state index is 12.3. The van der Waals surface area contributed by atoms with Crippen LogP contribution in [0, 0.1) is 5.92 Å². The van der Waals surface area contributed by atoms with Gasteiger partial charge in [0.25, 0.3) is 0 Å². The van der Waals surface area contributed by atoms with Crippen LogP contribution >= 0.6 is 25.0 Å². The number of hydrogen-bond donors (Lipinski definition) is 1. The van der Waals surface area contributed by atoms with Gasteiger partial charge in [-0.05, 0) is 41.0 Å². The summed E-state index contributed by atoms with van der Waals surface area (Å²) in [7, 11) is 0. The highest BCUT2D eigenvalue weighted by molar-refractivity contribution is 7.84. The van der Waals surface area contributed by atoms with Crippen LogP contribution in [0.1, 0.15) is 54.4 Å². The third kappa shape index (κ3) is 7.45. The summed E-state index contributed by atoms with van der Waals surface area (Å²) < 4.78 is 11.9. The summed E-state index contributed by atoms with van der Waals surface area (Å²) in [5, 5.41) is 0. The molecular weight excluding hydrogens is 322 g/mol. The second-order valence-corrected chi connectivity index (χ2v) is 6.57. The molecule has 128 valence electrons. The van der Waals surface area contributed by atoms with Crippen LogP contribution < -0.4 is 0 Å². The molecule has 5 nitrogen and oxygen atoms in total. The van der Waals surface area contributed by atoms with E-state index in [1.165, 1.54) is 0 Å². The van der Waals surface area contributed by atoms with E-state index in [9.17, 15) is 9.59 Å². The van der Waals surface area contributed by atoms with Gasteiger partial charge in [0.1, 0.15) is 10.9 Å². The summed E-state index contributed by atoms with van der Waals surface area (Å²) >= 11 is 9.69. The van der Waals surface area contributed by atoms with E-state index in [-0.39, 0.29) is 29.7 Å². The van der Waals surface area contributed by atoms with Gasteiger partial charge in [-0.25, -0.2) is 0 Å². The summed E-state index contributed by atoms with van der Waals surface area (Å²) in [4.78, 5) is 24.4. The van der Waals surface area contributed by atoms with Crippen LogP contribution in [0.2, 0.25) is 0 Å². The SMILES string of the molecule is CCC(C)N(S)C(=S)C(CC(=O)OC(C)C)C(=O)OC(C)C. The van der Waals surface area contributed by atoms with E-state index in [2.05, 4.69) is 12.8 Å². The van der Waals surface area contributed by atoms with Crippen molar-refractivity contribution in [2.24, 2.45) is 5.92 Å². The first kappa shape index (κ1) is 21.2. The lowest BCUT2D eigenvalue weighted by molar-refractivity contribution is -0.156. The Kier molecular flexibility index (Phi) is 9.67. The number of carbonyl (C=O) groups is 2. The van der Waals surface area contributed by atoms with Crippen molar-refractivity contribution < 1.29 is 19.1 Å². The van der Waals surface area contributed by atoms with Gasteiger partial charge in [0.15, 0.2) is 0 Å². The molecule has 0 aliphatic heterocycles. The topological polar surface area (TPSA) is 55.8 Å². The molecule has 0 bridgehead atoms. The molecule has 22 heavy (non-hydrogen) atoms. The Bertz CT molecular complexity index is 399. The van der Waals surface area contributed by atoms with Gasteiger partial charge in [0.2, 0.25) is 0 Å². The minimum absolute atomic E-state index is 0.0475. The van der Waals surface area contributed by atoms with Gasteiger partial charge in [-0.2, -0.15) is 0 Å². The van der Waals surface area contributed by atoms with Crippen molar-refractivity contribution in [3.63, 3.8) is 0 Å². The summed E-state index contributed by atoms with van der Waals surface area (Å²) in [6, 6.07) is 0.0475. The van der Waals surface area contributed by atoms with Crippen molar-refractivity contribution >= 4 is 42.0 Å². The molecule has 0 aliphatic carbocycles. The molecule has 0 radical (unpaired) electrons. The predicted molar refractivity (Wildman–Crippen MR) is 93.7 cm³/mol. The van der Waals surface area contributed by atoms with Crippen LogP contribution in [0.5, 0.6) is 0 Å². The van der Waals surface area contributed by atoms with Crippen LogP contribution in [0.4, 0.5) is 0 Å². The van der Waals surface area contributed by atoms with Crippen LogP contribution in [-0.2, 0) is 19.1 Å². The highest BCUT2D eigenvalue weighted by Crippen LogP contribution is 2.19. The Labute approximate surface area is 144 Å². The molecule has 0 spiro atoms. The van der Waals surface area contributed by atoms with E-state index >= 15 is 0 Å². The molecule has 0 saturated carbocycles. The summed E-state index contributed by atoms with van der Waals surface area (Å²) in [5.41, 5.74) is 0. The number of thiol groups is 1. The zero-order chi connectivity index (χ0) is 17.4. The molecule has 0 aromatic carbocycles. The van der Waals surface area contributed by atoms with Gasteiger partial charge in [-0.3, -0.25) is 9.59 Å². The van der Waals surface area contributed by atoms with E-state index in [1.54, 1.807) is 32.0 Å². The van der Waals surface area contributed by atoms with E-state index in [4.69, 9.17) is 21.7 Å². The van der Waals surface area contributed by atoms with Crippen LogP contribution in [0.25, 0.3) is 0 Å². The maximum atomic E-state index is 12.3. The van der Waals surface area contributed by atoms with Crippen molar-refractivity contribution in [3.8, 4) is 0 Å². The van der Waals surface area contributed by atoms with Crippen LogP contribution in [0.3, 0.4) is 0 Å². The minimum atomic E-state index is -0.866. The number of esters is 2. The highest BCUT2D eigenvalue weighted by atomic mass is 32.1. The molecule has 0 saturated heterocycles. The number of thiocarbonyl (C=S) groups is 1. The summed E-state index contributed by atoms with van der Waals surface area (Å²) in [6.45, 7) is 10.9. The molecular formula is C15H27NO4S2. The van der Waals surface area contributed by atoms with Crippen molar-refractivity contribution in [2.75, 3.05) is 0 Å². The molecule has 0 aromatic rings. The lowest BCUT2D eigenvalue weighted by Gasteiger charge is -2.29. The molecule has 0 aromatic heterocycles. The van der Waals surface area contributed by atoms with E-state index in [0.29, 0.717) is 0 Å². The quantitative estimate of drug-likeness (QED) is 0.413. The average Bonchev–Trinajstić information content (AvgIpc) is 2.40. The monoisotopic (exact) mass is 349 g/mol. The molecule has 0 rings (SSSR count). The van der Waals surface area contributed by atoms with Gasteiger partial charge >= 0.3 is 11.9 Å². The molecule has 7 heteroatoms. The largest absolute Gasteiger partial charge is 0.463 e. The zero-order valence-electron chi connectivity index (χ0n) is 14.2. The second-order valence-electron chi connectivity index (χ2n) is 5.72. The third-order valence-corrected chi connectivity index (χ3v) is 4.13. The number of rotatable bonds is 8. The fourth-order valence-corrected chi connectivity index (χ4v) is 2.28. The molecule has 0 N–H and O–H groups in total. The Balaban J connectivity index is 5.11.